The predicted octanol–water partition coefficient (Wildman–Crippen LogP) is 4.59. The van der Waals surface area contributed by atoms with Gasteiger partial charge < -0.3 is 4.98 Å². The Labute approximate surface area is 142 Å². The fourth-order valence-corrected chi connectivity index (χ4v) is 2.73. The number of imidazole rings is 1. The van der Waals surface area contributed by atoms with Gasteiger partial charge in [-0.25, -0.2) is 9.37 Å². The van der Waals surface area contributed by atoms with E-state index in [-0.39, 0.29) is 5.82 Å². The first kappa shape index (κ1) is 16.4. The Balaban J connectivity index is 1.60. The van der Waals surface area contributed by atoms with E-state index in [4.69, 9.17) is 0 Å². The third kappa shape index (κ3) is 4.28. The van der Waals surface area contributed by atoms with Crippen LogP contribution in [-0.2, 0) is 19.3 Å². The Morgan fingerprint density at radius 1 is 0.958 bits per heavy atom. The Bertz CT molecular complexity index is 773. The van der Waals surface area contributed by atoms with Crippen molar-refractivity contribution in [2.24, 2.45) is 5.92 Å². The van der Waals surface area contributed by atoms with Gasteiger partial charge in [-0.3, -0.25) is 4.98 Å². The average Bonchev–Trinajstić information content (AvgIpc) is 3.01. The van der Waals surface area contributed by atoms with E-state index in [1.54, 1.807) is 6.07 Å². The van der Waals surface area contributed by atoms with Crippen LogP contribution in [0.15, 0.2) is 48.8 Å². The molecule has 24 heavy (non-hydrogen) atoms. The number of hydrogen-bond acceptors (Lipinski definition) is 2. The zero-order chi connectivity index (χ0) is 16.9. The molecule has 0 radical (unpaired) electrons. The fourth-order valence-electron chi connectivity index (χ4n) is 2.73. The van der Waals surface area contributed by atoms with E-state index < -0.39 is 0 Å². The first-order valence-electron chi connectivity index (χ1n) is 8.34. The topological polar surface area (TPSA) is 41.6 Å². The van der Waals surface area contributed by atoms with Gasteiger partial charge in [0, 0.05) is 23.9 Å². The lowest BCUT2D eigenvalue weighted by Crippen LogP contribution is -1.96. The number of hydrogen-bond donors (Lipinski definition) is 1. The van der Waals surface area contributed by atoms with Crippen LogP contribution in [0.4, 0.5) is 4.39 Å². The van der Waals surface area contributed by atoms with Gasteiger partial charge in [0.1, 0.15) is 11.6 Å². The summed E-state index contributed by atoms with van der Waals surface area (Å²) in [4.78, 5) is 12.0. The number of halogens is 1. The molecule has 0 fully saturated rings. The second kappa shape index (κ2) is 7.39. The molecule has 3 rings (SSSR count). The molecule has 124 valence electrons. The first-order valence-corrected chi connectivity index (χ1v) is 8.34. The zero-order valence-corrected chi connectivity index (χ0v) is 14.1. The van der Waals surface area contributed by atoms with Gasteiger partial charge in [-0.15, -0.1) is 0 Å². The molecule has 0 aliphatic heterocycles. The van der Waals surface area contributed by atoms with Crippen LogP contribution in [0, 0.1) is 11.7 Å². The van der Waals surface area contributed by atoms with Crippen LogP contribution in [0.5, 0.6) is 0 Å². The summed E-state index contributed by atoms with van der Waals surface area (Å²) in [6.07, 6.45) is 6.05. The van der Waals surface area contributed by atoms with Crippen molar-refractivity contribution < 1.29 is 4.39 Å². The van der Waals surface area contributed by atoms with E-state index in [2.05, 4.69) is 40.9 Å². The molecule has 2 aromatic heterocycles. The maximum atomic E-state index is 12.9. The van der Waals surface area contributed by atoms with Crippen molar-refractivity contribution in [1.29, 1.82) is 0 Å². The molecular weight excluding hydrogens is 301 g/mol. The maximum Gasteiger partial charge on any atom is 0.141 e. The van der Waals surface area contributed by atoms with Crippen LogP contribution in [0.2, 0.25) is 0 Å². The van der Waals surface area contributed by atoms with Crippen LogP contribution >= 0.6 is 0 Å². The second-order valence-electron chi connectivity index (χ2n) is 6.51. The molecule has 0 bridgehead atoms. The van der Waals surface area contributed by atoms with Crippen molar-refractivity contribution in [2.45, 2.75) is 33.1 Å². The summed E-state index contributed by atoms with van der Waals surface area (Å²) in [5, 5.41) is 0. The molecule has 4 heteroatoms. The highest BCUT2D eigenvalue weighted by Gasteiger charge is 2.05. The maximum absolute atomic E-state index is 12.9. The molecule has 2 heterocycles. The standard InChI is InChI=1S/C20H22FN3/c1-14(2)11-18-13-23-20(24-18)10-5-15-3-6-16(7-4-15)19-9-8-17(21)12-22-19/h3-4,6-9,12-14H,5,10-11H2,1-2H3,(H,23,24). The molecule has 1 N–H and O–H groups in total. The molecule has 3 nitrogen and oxygen atoms in total. The number of aromatic amines is 1. The van der Waals surface area contributed by atoms with Gasteiger partial charge in [-0.1, -0.05) is 38.1 Å². The summed E-state index contributed by atoms with van der Waals surface area (Å²) in [6, 6.07) is 11.4. The molecule has 0 spiro atoms. The lowest BCUT2D eigenvalue weighted by Gasteiger charge is -2.04. The Hall–Kier alpha value is -2.49. The van der Waals surface area contributed by atoms with Crippen molar-refractivity contribution >= 4 is 0 Å². The first-order chi connectivity index (χ1) is 11.6. The van der Waals surface area contributed by atoms with Crippen molar-refractivity contribution in [3.63, 3.8) is 0 Å². The molecule has 0 amide bonds. The summed E-state index contributed by atoms with van der Waals surface area (Å²) in [5.74, 6) is 1.35. The Morgan fingerprint density at radius 2 is 1.75 bits per heavy atom. The molecule has 3 aromatic rings. The number of aryl methyl sites for hydroxylation is 2. The molecule has 0 unspecified atom stereocenters. The minimum absolute atomic E-state index is 0.314. The van der Waals surface area contributed by atoms with Gasteiger partial charge in [0.05, 0.1) is 11.9 Å². The molecule has 0 saturated carbocycles. The Kier molecular flexibility index (Phi) is 5.04. The lowest BCUT2D eigenvalue weighted by molar-refractivity contribution is 0.622. The monoisotopic (exact) mass is 323 g/mol. The largest absolute Gasteiger partial charge is 0.346 e. The van der Waals surface area contributed by atoms with Crippen LogP contribution in [0.3, 0.4) is 0 Å². The summed E-state index contributed by atoms with van der Waals surface area (Å²) in [6.45, 7) is 4.41. The molecular formula is C20H22FN3. The lowest BCUT2D eigenvalue weighted by atomic mass is 10.1. The summed E-state index contributed by atoms with van der Waals surface area (Å²) in [5.41, 5.74) is 4.24. The van der Waals surface area contributed by atoms with Crippen molar-refractivity contribution in [3.05, 3.63) is 71.7 Å². The highest BCUT2D eigenvalue weighted by atomic mass is 19.1. The minimum atomic E-state index is -0.314. The third-order valence-corrected chi connectivity index (χ3v) is 3.94. The van der Waals surface area contributed by atoms with Gasteiger partial charge in [-0.2, -0.15) is 0 Å². The predicted molar refractivity (Wildman–Crippen MR) is 94.2 cm³/mol. The molecule has 1 aromatic carbocycles. The van der Waals surface area contributed by atoms with Crippen LogP contribution in [0.25, 0.3) is 11.3 Å². The van der Waals surface area contributed by atoms with E-state index in [0.717, 1.165) is 36.3 Å². The highest BCUT2D eigenvalue weighted by Crippen LogP contribution is 2.18. The van der Waals surface area contributed by atoms with Gasteiger partial charge >= 0.3 is 0 Å². The van der Waals surface area contributed by atoms with Crippen LogP contribution in [-0.4, -0.2) is 15.0 Å². The van der Waals surface area contributed by atoms with Crippen molar-refractivity contribution in [3.8, 4) is 11.3 Å². The third-order valence-electron chi connectivity index (χ3n) is 3.94. The SMILES string of the molecule is CC(C)Cc1cnc(CCc2ccc(-c3ccc(F)cn3)cc2)[nH]1. The van der Waals surface area contributed by atoms with Gasteiger partial charge in [0.2, 0.25) is 0 Å². The molecule has 0 aliphatic carbocycles. The van der Waals surface area contributed by atoms with E-state index in [1.807, 2.05) is 18.3 Å². The molecule has 0 aliphatic rings. The summed E-state index contributed by atoms with van der Waals surface area (Å²) < 4.78 is 12.9. The summed E-state index contributed by atoms with van der Waals surface area (Å²) >= 11 is 0. The number of nitrogens with zero attached hydrogens (tertiary/aromatic N) is 2. The normalized spacial score (nSPS) is 11.2. The zero-order valence-electron chi connectivity index (χ0n) is 14.1. The summed E-state index contributed by atoms with van der Waals surface area (Å²) in [7, 11) is 0. The number of nitrogens with one attached hydrogen (secondary N) is 1. The molecule has 0 atom stereocenters. The number of rotatable bonds is 6. The van der Waals surface area contributed by atoms with Gasteiger partial charge in [0.25, 0.3) is 0 Å². The minimum Gasteiger partial charge on any atom is -0.346 e. The molecule has 0 saturated heterocycles. The number of pyridine rings is 1. The van der Waals surface area contributed by atoms with Gasteiger partial charge in [0.15, 0.2) is 0 Å². The van der Waals surface area contributed by atoms with Gasteiger partial charge in [-0.05, 0) is 36.5 Å². The fraction of sp³-hybridized carbons (Fsp3) is 0.300. The van der Waals surface area contributed by atoms with Crippen molar-refractivity contribution in [1.82, 2.24) is 15.0 Å². The Morgan fingerprint density at radius 3 is 2.42 bits per heavy atom. The highest BCUT2D eigenvalue weighted by molar-refractivity contribution is 5.59. The number of aromatic nitrogens is 3. The van der Waals surface area contributed by atoms with Crippen LogP contribution < -0.4 is 0 Å². The van der Waals surface area contributed by atoms with E-state index in [1.165, 1.54) is 23.5 Å². The van der Waals surface area contributed by atoms with E-state index in [0.29, 0.717) is 5.92 Å². The average molecular weight is 323 g/mol. The number of H-pyrrole nitrogens is 1. The van der Waals surface area contributed by atoms with Crippen LogP contribution in [0.1, 0.15) is 30.9 Å². The number of benzene rings is 1. The van der Waals surface area contributed by atoms with Crippen molar-refractivity contribution in [2.75, 3.05) is 0 Å². The van der Waals surface area contributed by atoms with E-state index in [9.17, 15) is 4.39 Å². The quantitative estimate of drug-likeness (QED) is 0.720. The smallest absolute Gasteiger partial charge is 0.141 e. The second-order valence-corrected chi connectivity index (χ2v) is 6.51. The van der Waals surface area contributed by atoms with E-state index >= 15 is 0 Å².